The lowest BCUT2D eigenvalue weighted by Crippen LogP contribution is -2.36. The van der Waals surface area contributed by atoms with Gasteiger partial charge < -0.3 is 4.74 Å². The molecule has 0 radical (unpaired) electrons. The molecular formula is C20H28N2O3S2. The van der Waals surface area contributed by atoms with Gasteiger partial charge in [0.2, 0.25) is 0 Å². The standard InChI is InChI=1S/C20H28N2O3S2/c1-7-25-17(23)11-15(22-27(24)20(4,5)6)16-12-26-19(21-16)18-13(2)9-8-10-14(18)3/h8-10,12,15,22H,7,11H2,1-6H3/t15-,27+/m0/s1. The third-order valence-corrected chi connectivity index (χ3v) is 6.54. The van der Waals surface area contributed by atoms with Crippen molar-refractivity contribution in [3.63, 3.8) is 0 Å². The third kappa shape index (κ3) is 5.70. The van der Waals surface area contributed by atoms with E-state index in [1.807, 2.05) is 32.2 Å². The minimum Gasteiger partial charge on any atom is -0.466 e. The van der Waals surface area contributed by atoms with Crippen LogP contribution in [-0.4, -0.2) is 26.5 Å². The Kier molecular flexibility index (Phi) is 7.31. The number of hydrogen-bond donors (Lipinski definition) is 1. The lowest BCUT2D eigenvalue weighted by atomic mass is 10.0. The second kappa shape index (κ2) is 9.08. The number of thiazole rings is 1. The van der Waals surface area contributed by atoms with Gasteiger partial charge in [0.05, 0.1) is 40.5 Å². The number of ether oxygens (including phenoxy) is 1. The summed E-state index contributed by atoms with van der Waals surface area (Å²) in [7, 11) is -1.33. The van der Waals surface area contributed by atoms with E-state index in [4.69, 9.17) is 9.72 Å². The summed E-state index contributed by atoms with van der Waals surface area (Å²) in [4.78, 5) is 16.8. The van der Waals surface area contributed by atoms with E-state index < -0.39 is 21.8 Å². The quantitative estimate of drug-likeness (QED) is 0.686. The number of nitrogens with zero attached hydrogens (tertiary/aromatic N) is 1. The molecule has 0 fully saturated rings. The number of carbonyl (C=O) groups is 1. The Hall–Kier alpha value is -1.57. The van der Waals surface area contributed by atoms with Crippen LogP contribution in [0.4, 0.5) is 0 Å². The molecule has 0 saturated heterocycles. The highest BCUT2D eigenvalue weighted by atomic mass is 32.2. The molecule has 7 heteroatoms. The molecule has 2 rings (SSSR count). The Morgan fingerprint density at radius 1 is 1.30 bits per heavy atom. The summed E-state index contributed by atoms with van der Waals surface area (Å²) in [5, 5.41) is 2.83. The maximum Gasteiger partial charge on any atom is 0.307 e. The van der Waals surface area contributed by atoms with E-state index in [-0.39, 0.29) is 12.4 Å². The molecule has 1 N–H and O–H groups in total. The molecule has 0 unspecified atom stereocenters. The lowest BCUT2D eigenvalue weighted by molar-refractivity contribution is -0.143. The Labute approximate surface area is 168 Å². The van der Waals surface area contributed by atoms with Crippen LogP contribution in [0.15, 0.2) is 23.6 Å². The van der Waals surface area contributed by atoms with Crippen LogP contribution in [0.1, 0.15) is 57.0 Å². The van der Waals surface area contributed by atoms with Gasteiger partial charge in [0.1, 0.15) is 5.01 Å². The smallest absolute Gasteiger partial charge is 0.307 e. The highest BCUT2D eigenvalue weighted by molar-refractivity contribution is 7.84. The first kappa shape index (κ1) is 21.7. The summed E-state index contributed by atoms with van der Waals surface area (Å²) < 4.78 is 20.3. The zero-order valence-electron chi connectivity index (χ0n) is 16.8. The van der Waals surface area contributed by atoms with Crippen LogP contribution in [-0.2, 0) is 20.5 Å². The SMILES string of the molecule is CCOC(=O)C[C@H](N[S@](=O)C(C)(C)C)c1csc(-c2c(C)cccc2C)n1. The van der Waals surface area contributed by atoms with Gasteiger partial charge in [-0.2, -0.15) is 0 Å². The zero-order valence-corrected chi connectivity index (χ0v) is 18.4. The molecular weight excluding hydrogens is 380 g/mol. The third-order valence-electron chi connectivity index (χ3n) is 4.06. The van der Waals surface area contributed by atoms with Crippen LogP contribution >= 0.6 is 11.3 Å². The van der Waals surface area contributed by atoms with Crippen LogP contribution in [0, 0.1) is 13.8 Å². The number of nitrogens with one attached hydrogen (secondary N) is 1. The van der Waals surface area contributed by atoms with Gasteiger partial charge in [0.25, 0.3) is 0 Å². The van der Waals surface area contributed by atoms with Gasteiger partial charge in [-0.3, -0.25) is 4.79 Å². The molecule has 27 heavy (non-hydrogen) atoms. The summed E-state index contributed by atoms with van der Waals surface area (Å²) in [6, 6.07) is 5.69. The Bertz CT molecular complexity index is 805. The summed E-state index contributed by atoms with van der Waals surface area (Å²) in [5.41, 5.74) is 4.14. The van der Waals surface area contributed by atoms with E-state index in [9.17, 15) is 9.00 Å². The molecule has 0 aliphatic heterocycles. The summed E-state index contributed by atoms with van der Waals surface area (Å²) >= 11 is 1.53. The van der Waals surface area contributed by atoms with E-state index in [2.05, 4.69) is 30.7 Å². The molecule has 0 bridgehead atoms. The summed E-state index contributed by atoms with van der Waals surface area (Å²) in [6.45, 7) is 11.9. The van der Waals surface area contributed by atoms with Gasteiger partial charge in [-0.25, -0.2) is 13.9 Å². The van der Waals surface area contributed by atoms with Crippen LogP contribution in [0.2, 0.25) is 0 Å². The normalized spacial score (nSPS) is 14.0. The number of aryl methyl sites for hydroxylation is 2. The van der Waals surface area contributed by atoms with Crippen molar-refractivity contribution in [2.24, 2.45) is 0 Å². The molecule has 0 spiro atoms. The fourth-order valence-corrected chi connectivity index (χ4v) is 4.48. The molecule has 1 aromatic carbocycles. The van der Waals surface area contributed by atoms with Crippen LogP contribution in [0.25, 0.3) is 10.6 Å². The largest absolute Gasteiger partial charge is 0.466 e. The highest BCUT2D eigenvalue weighted by Gasteiger charge is 2.27. The van der Waals surface area contributed by atoms with Crippen LogP contribution < -0.4 is 4.72 Å². The van der Waals surface area contributed by atoms with Crippen molar-refractivity contribution in [1.82, 2.24) is 9.71 Å². The molecule has 1 aromatic heterocycles. The monoisotopic (exact) mass is 408 g/mol. The average Bonchev–Trinajstić information content (AvgIpc) is 3.03. The first-order valence-electron chi connectivity index (χ1n) is 8.99. The zero-order chi connectivity index (χ0) is 20.2. The molecule has 0 aliphatic carbocycles. The van der Waals surface area contributed by atoms with Gasteiger partial charge in [0, 0.05) is 10.9 Å². The van der Waals surface area contributed by atoms with E-state index in [1.54, 1.807) is 6.92 Å². The second-order valence-electron chi connectivity index (χ2n) is 7.41. The van der Waals surface area contributed by atoms with Crippen molar-refractivity contribution < 1.29 is 13.7 Å². The van der Waals surface area contributed by atoms with Crippen molar-refractivity contribution in [3.8, 4) is 10.6 Å². The first-order chi connectivity index (χ1) is 12.6. The van der Waals surface area contributed by atoms with Crippen LogP contribution in [0.3, 0.4) is 0 Å². The number of benzene rings is 1. The summed E-state index contributed by atoms with van der Waals surface area (Å²) in [5.74, 6) is -0.331. The van der Waals surface area contributed by atoms with Gasteiger partial charge in [-0.15, -0.1) is 11.3 Å². The van der Waals surface area contributed by atoms with Crippen molar-refractivity contribution >= 4 is 28.3 Å². The maximum absolute atomic E-state index is 12.6. The van der Waals surface area contributed by atoms with Gasteiger partial charge in [-0.1, -0.05) is 18.2 Å². The fourth-order valence-electron chi connectivity index (χ4n) is 2.61. The first-order valence-corrected chi connectivity index (χ1v) is 11.0. The maximum atomic E-state index is 12.6. The predicted molar refractivity (Wildman–Crippen MR) is 112 cm³/mol. The minimum atomic E-state index is -1.33. The number of esters is 1. The Morgan fingerprint density at radius 2 is 1.93 bits per heavy atom. The predicted octanol–water partition coefficient (Wildman–Crippen LogP) is 4.47. The molecule has 148 valence electrons. The van der Waals surface area contributed by atoms with Crippen molar-refractivity contribution in [2.45, 2.75) is 58.8 Å². The van der Waals surface area contributed by atoms with Crippen molar-refractivity contribution in [1.29, 1.82) is 0 Å². The summed E-state index contributed by atoms with van der Waals surface area (Å²) in [6.07, 6.45) is 0.0889. The number of aromatic nitrogens is 1. The number of rotatable bonds is 7. The van der Waals surface area contributed by atoms with E-state index in [0.717, 1.165) is 21.7 Å². The number of carbonyl (C=O) groups excluding carboxylic acids is 1. The second-order valence-corrected chi connectivity index (χ2v) is 10.3. The molecule has 1 heterocycles. The number of hydrogen-bond acceptors (Lipinski definition) is 5. The van der Waals surface area contributed by atoms with Crippen molar-refractivity contribution in [3.05, 3.63) is 40.4 Å². The highest BCUT2D eigenvalue weighted by Crippen LogP contribution is 2.32. The minimum absolute atomic E-state index is 0.0889. The molecule has 0 aliphatic rings. The van der Waals surface area contributed by atoms with E-state index in [0.29, 0.717) is 12.3 Å². The fraction of sp³-hybridized carbons (Fsp3) is 0.500. The average molecular weight is 409 g/mol. The van der Waals surface area contributed by atoms with Gasteiger partial charge in [0.15, 0.2) is 0 Å². The lowest BCUT2D eigenvalue weighted by Gasteiger charge is -2.23. The van der Waals surface area contributed by atoms with Crippen LogP contribution in [0.5, 0.6) is 0 Å². The molecule has 2 atom stereocenters. The Morgan fingerprint density at radius 3 is 2.48 bits per heavy atom. The molecule has 5 nitrogen and oxygen atoms in total. The topological polar surface area (TPSA) is 68.3 Å². The Balaban J connectivity index is 2.34. The van der Waals surface area contributed by atoms with E-state index >= 15 is 0 Å². The van der Waals surface area contributed by atoms with Gasteiger partial charge in [-0.05, 0) is 52.7 Å². The molecule has 2 aromatic rings. The molecule has 0 saturated carbocycles. The van der Waals surface area contributed by atoms with Crippen molar-refractivity contribution in [2.75, 3.05) is 6.61 Å². The molecule has 0 amide bonds. The van der Waals surface area contributed by atoms with Gasteiger partial charge >= 0.3 is 5.97 Å². The van der Waals surface area contributed by atoms with E-state index in [1.165, 1.54) is 11.3 Å².